The molecule has 4 rings (SSSR count). The molecule has 1 aliphatic carbocycles. The third-order valence-electron chi connectivity index (χ3n) is 8.52. The van der Waals surface area contributed by atoms with E-state index < -0.39 is 21.6 Å². The van der Waals surface area contributed by atoms with Crippen LogP contribution in [0.5, 0.6) is 0 Å². The molecule has 0 aromatic heterocycles. The van der Waals surface area contributed by atoms with E-state index in [0.29, 0.717) is 49.9 Å². The highest BCUT2D eigenvalue weighted by Crippen LogP contribution is 2.38. The molecule has 2 atom stereocenters. The molecule has 9 nitrogen and oxygen atoms in total. The van der Waals surface area contributed by atoms with Crippen molar-refractivity contribution in [3.63, 3.8) is 0 Å². The Bertz CT molecular complexity index is 1170. The lowest BCUT2D eigenvalue weighted by Crippen LogP contribution is -2.51. The Labute approximate surface area is 220 Å². The number of hydrogen-bond donors (Lipinski definition) is 2. The van der Waals surface area contributed by atoms with E-state index in [2.05, 4.69) is 19.2 Å². The van der Waals surface area contributed by atoms with E-state index in [1.807, 2.05) is 26.0 Å². The van der Waals surface area contributed by atoms with Gasteiger partial charge in [-0.15, -0.1) is 0 Å². The number of aliphatic imine (C=N–C) groups is 1. The molecule has 0 bridgehead atoms. The van der Waals surface area contributed by atoms with E-state index in [4.69, 9.17) is 10.7 Å². The second-order valence-corrected chi connectivity index (χ2v) is 13.6. The van der Waals surface area contributed by atoms with Crippen molar-refractivity contribution in [2.75, 3.05) is 30.8 Å². The highest BCUT2D eigenvalue weighted by molar-refractivity contribution is 7.89. The van der Waals surface area contributed by atoms with Crippen molar-refractivity contribution < 1.29 is 18.0 Å². The van der Waals surface area contributed by atoms with Gasteiger partial charge in [0.1, 0.15) is 11.4 Å². The van der Waals surface area contributed by atoms with Crippen LogP contribution in [0.3, 0.4) is 0 Å². The zero-order valence-electron chi connectivity index (χ0n) is 22.7. The molecular weight excluding hydrogens is 490 g/mol. The minimum atomic E-state index is -3.50. The number of carbonyl (C=O) groups excluding carboxylic acids is 2. The van der Waals surface area contributed by atoms with Crippen LogP contribution in [-0.2, 0) is 21.2 Å². The van der Waals surface area contributed by atoms with E-state index in [-0.39, 0.29) is 17.6 Å². The molecule has 0 radical (unpaired) electrons. The van der Waals surface area contributed by atoms with Crippen LogP contribution in [0.15, 0.2) is 17.1 Å². The van der Waals surface area contributed by atoms with Gasteiger partial charge in [0.25, 0.3) is 5.91 Å². The third-order valence-corrected chi connectivity index (χ3v) is 10.4. The van der Waals surface area contributed by atoms with Crippen LogP contribution in [0.4, 0.5) is 10.5 Å². The second kappa shape index (κ2) is 10.4. The highest BCUT2D eigenvalue weighted by atomic mass is 32.2. The number of amides is 3. The number of sulfonamides is 1. The average Bonchev–Trinajstić information content (AvgIpc) is 3.13. The number of carbonyl (C=O) groups is 2. The van der Waals surface area contributed by atoms with Crippen molar-refractivity contribution in [2.45, 2.75) is 71.8 Å². The van der Waals surface area contributed by atoms with Crippen LogP contribution in [0, 0.1) is 31.6 Å². The SMILES string of the molecule is Cc1cc(N(C)C(N)=O)cc(C)c1CCS(=O)(=O)N1CCC2(CC1)N=C(C1CC(C)CC(C)C1)NC2=O. The first kappa shape index (κ1) is 27.6. The summed E-state index contributed by atoms with van der Waals surface area (Å²) in [5.74, 6) is 2.25. The van der Waals surface area contributed by atoms with Crippen molar-refractivity contribution >= 4 is 33.5 Å². The van der Waals surface area contributed by atoms with Crippen molar-refractivity contribution in [1.29, 1.82) is 0 Å². The maximum absolute atomic E-state index is 13.2. The molecule has 1 saturated carbocycles. The number of rotatable bonds is 6. The largest absolute Gasteiger partial charge is 0.351 e. The molecule has 1 saturated heterocycles. The number of urea groups is 1. The normalized spacial score (nSPS) is 26.1. The van der Waals surface area contributed by atoms with Crippen LogP contribution in [0.2, 0.25) is 0 Å². The molecule has 2 fully saturated rings. The molecule has 10 heteroatoms. The van der Waals surface area contributed by atoms with Crippen molar-refractivity contribution in [3.05, 3.63) is 28.8 Å². The van der Waals surface area contributed by atoms with E-state index >= 15 is 0 Å². The van der Waals surface area contributed by atoms with Gasteiger partial charge in [0, 0.05) is 31.7 Å². The molecule has 3 N–H and O–H groups in total. The third kappa shape index (κ3) is 5.70. The summed E-state index contributed by atoms with van der Waals surface area (Å²) in [5.41, 5.74) is 8.04. The van der Waals surface area contributed by atoms with Gasteiger partial charge in [-0.3, -0.25) is 14.7 Å². The number of nitrogens with zero attached hydrogens (tertiary/aromatic N) is 3. The first-order valence-corrected chi connectivity index (χ1v) is 14.9. The van der Waals surface area contributed by atoms with Gasteiger partial charge >= 0.3 is 6.03 Å². The molecule has 2 heterocycles. The Balaban J connectivity index is 1.40. The predicted molar refractivity (Wildman–Crippen MR) is 146 cm³/mol. The zero-order chi connectivity index (χ0) is 27.1. The summed E-state index contributed by atoms with van der Waals surface area (Å²) in [5, 5.41) is 3.07. The predicted octanol–water partition coefficient (Wildman–Crippen LogP) is 3.13. The van der Waals surface area contributed by atoms with Gasteiger partial charge in [-0.05, 0) is 93.0 Å². The molecular formula is C27H41N5O4S. The Hall–Kier alpha value is -2.46. The number of aryl methyl sites for hydroxylation is 2. The second-order valence-electron chi connectivity index (χ2n) is 11.5. The Morgan fingerprint density at radius 3 is 2.24 bits per heavy atom. The van der Waals surface area contributed by atoms with Gasteiger partial charge in [0.05, 0.1) is 5.75 Å². The molecule has 1 spiro atoms. The molecule has 1 aromatic rings. The summed E-state index contributed by atoms with van der Waals surface area (Å²) in [6.45, 7) is 8.95. The van der Waals surface area contributed by atoms with Gasteiger partial charge in [0.15, 0.2) is 0 Å². The number of primary amides is 1. The van der Waals surface area contributed by atoms with Gasteiger partial charge in [0.2, 0.25) is 10.0 Å². The number of nitrogens with two attached hydrogens (primary N) is 1. The molecule has 204 valence electrons. The summed E-state index contributed by atoms with van der Waals surface area (Å²) in [6.07, 6.45) is 4.49. The van der Waals surface area contributed by atoms with Crippen molar-refractivity contribution in [3.8, 4) is 0 Å². The maximum atomic E-state index is 13.2. The number of piperidine rings is 1. The molecule has 2 aliphatic heterocycles. The van der Waals surface area contributed by atoms with Crippen molar-refractivity contribution in [2.24, 2.45) is 28.5 Å². The Morgan fingerprint density at radius 1 is 1.14 bits per heavy atom. The number of nitrogens with one attached hydrogen (secondary N) is 1. The fraction of sp³-hybridized carbons (Fsp3) is 0.667. The summed E-state index contributed by atoms with van der Waals surface area (Å²) in [4.78, 5) is 30.8. The number of benzene rings is 1. The fourth-order valence-corrected chi connectivity index (χ4v) is 7.88. The summed E-state index contributed by atoms with van der Waals surface area (Å²) < 4.78 is 28.0. The zero-order valence-corrected chi connectivity index (χ0v) is 23.5. The van der Waals surface area contributed by atoms with Crippen LogP contribution >= 0.6 is 0 Å². The molecule has 3 amide bonds. The number of amidine groups is 1. The molecule has 37 heavy (non-hydrogen) atoms. The Morgan fingerprint density at radius 2 is 1.70 bits per heavy atom. The van der Waals surface area contributed by atoms with Crippen LogP contribution < -0.4 is 16.0 Å². The van der Waals surface area contributed by atoms with E-state index in [1.165, 1.54) is 15.6 Å². The van der Waals surface area contributed by atoms with Gasteiger partial charge < -0.3 is 11.1 Å². The van der Waals surface area contributed by atoms with E-state index in [9.17, 15) is 18.0 Å². The van der Waals surface area contributed by atoms with E-state index in [0.717, 1.165) is 35.4 Å². The first-order valence-electron chi connectivity index (χ1n) is 13.3. The van der Waals surface area contributed by atoms with Gasteiger partial charge in [-0.25, -0.2) is 17.5 Å². The van der Waals surface area contributed by atoms with Gasteiger partial charge in [-0.1, -0.05) is 13.8 Å². The topological polar surface area (TPSA) is 125 Å². The summed E-state index contributed by atoms with van der Waals surface area (Å²) >= 11 is 0. The van der Waals surface area contributed by atoms with Crippen LogP contribution in [-0.4, -0.2) is 61.9 Å². The Kier molecular flexibility index (Phi) is 7.72. The lowest BCUT2D eigenvalue weighted by Gasteiger charge is -2.35. The lowest BCUT2D eigenvalue weighted by atomic mass is 9.76. The number of hydrogen-bond acceptors (Lipinski definition) is 5. The lowest BCUT2D eigenvalue weighted by molar-refractivity contribution is -0.125. The highest BCUT2D eigenvalue weighted by Gasteiger charge is 2.48. The maximum Gasteiger partial charge on any atom is 0.318 e. The number of anilines is 1. The average molecular weight is 532 g/mol. The van der Waals surface area contributed by atoms with Crippen LogP contribution in [0.1, 0.15) is 62.6 Å². The minimum Gasteiger partial charge on any atom is -0.351 e. The molecule has 2 unspecified atom stereocenters. The standard InChI is InChI=1S/C27H41N5O4S/c1-17-12-18(2)14-21(13-17)24-29-25(33)27(30-24)7-9-32(10-8-27)37(35,36)11-6-23-19(3)15-22(16-20(23)4)31(5)26(28)34/h15-18,21H,6-14H2,1-5H3,(H2,28,34)(H,29,30,33). The monoisotopic (exact) mass is 531 g/mol. The quantitative estimate of drug-likeness (QED) is 0.585. The molecule has 1 aromatic carbocycles. The smallest absolute Gasteiger partial charge is 0.318 e. The minimum absolute atomic E-state index is 0.00868. The van der Waals surface area contributed by atoms with Crippen molar-refractivity contribution in [1.82, 2.24) is 9.62 Å². The summed E-state index contributed by atoms with van der Waals surface area (Å²) in [6, 6.07) is 3.16. The van der Waals surface area contributed by atoms with Crippen LogP contribution in [0.25, 0.3) is 0 Å². The first-order chi connectivity index (χ1) is 17.3. The van der Waals surface area contributed by atoms with E-state index in [1.54, 1.807) is 7.05 Å². The molecule has 3 aliphatic rings. The van der Waals surface area contributed by atoms with Gasteiger partial charge in [-0.2, -0.15) is 0 Å². The fourth-order valence-electron chi connectivity index (χ4n) is 6.42. The summed E-state index contributed by atoms with van der Waals surface area (Å²) in [7, 11) is -1.89.